The Balaban J connectivity index is 1.81. The van der Waals surface area contributed by atoms with Crippen molar-refractivity contribution in [3.63, 3.8) is 0 Å². The summed E-state index contributed by atoms with van der Waals surface area (Å²) in [4.78, 5) is 4.17. The predicted octanol–water partition coefficient (Wildman–Crippen LogP) is 4.99. The van der Waals surface area contributed by atoms with Crippen LogP contribution in [0.15, 0.2) is 24.5 Å². The normalized spacial score (nSPS) is 23.3. The summed E-state index contributed by atoms with van der Waals surface area (Å²) in [6, 6.07) is 4.43. The minimum Gasteiger partial charge on any atom is -0.265 e. The van der Waals surface area contributed by atoms with Gasteiger partial charge in [0.15, 0.2) is 0 Å². The highest BCUT2D eigenvalue weighted by atomic mass is 31.0. The zero-order valence-corrected chi connectivity index (χ0v) is 13.0. The van der Waals surface area contributed by atoms with Gasteiger partial charge in [0.05, 0.1) is 0 Å². The average Bonchev–Trinajstić information content (AvgIpc) is 3.13. The molecule has 0 spiro atoms. The lowest BCUT2D eigenvalue weighted by Gasteiger charge is -2.34. The van der Waals surface area contributed by atoms with Gasteiger partial charge >= 0.3 is 0 Å². The van der Waals surface area contributed by atoms with E-state index in [-0.39, 0.29) is 0 Å². The van der Waals surface area contributed by atoms with Crippen LogP contribution in [0.1, 0.15) is 62.6 Å². The zero-order chi connectivity index (χ0) is 13.1. The highest BCUT2D eigenvalue weighted by Crippen LogP contribution is 2.50. The Morgan fingerprint density at radius 2 is 1.37 bits per heavy atom. The quantitative estimate of drug-likeness (QED) is 0.705. The van der Waals surface area contributed by atoms with Gasteiger partial charge in [0.1, 0.15) is 0 Å². The number of nitrogens with zero attached hydrogens (tertiary/aromatic N) is 1. The minimum atomic E-state index is 0.634. The summed E-state index contributed by atoms with van der Waals surface area (Å²) in [5, 5.41) is 0. The second-order valence-corrected chi connectivity index (χ2v) is 7.19. The van der Waals surface area contributed by atoms with Gasteiger partial charge in [-0.05, 0) is 35.4 Å². The first kappa shape index (κ1) is 13.6. The smallest absolute Gasteiger partial charge is 0.0270 e. The third kappa shape index (κ3) is 3.02. The molecule has 104 valence electrons. The summed E-state index contributed by atoms with van der Waals surface area (Å²) in [7, 11) is 3.17. The Morgan fingerprint density at radius 3 is 1.84 bits per heavy atom. The van der Waals surface area contributed by atoms with Crippen molar-refractivity contribution in [2.24, 2.45) is 17.8 Å². The maximum Gasteiger partial charge on any atom is 0.0270 e. The summed E-state index contributed by atoms with van der Waals surface area (Å²) < 4.78 is 0. The van der Waals surface area contributed by atoms with Crippen molar-refractivity contribution in [3.8, 4) is 0 Å². The van der Waals surface area contributed by atoms with Gasteiger partial charge in [-0.2, -0.15) is 0 Å². The lowest BCUT2D eigenvalue weighted by atomic mass is 9.75. The van der Waals surface area contributed by atoms with E-state index in [1.54, 1.807) is 0 Å². The van der Waals surface area contributed by atoms with E-state index in [9.17, 15) is 0 Å². The molecule has 0 bridgehead atoms. The fourth-order valence-corrected chi connectivity index (χ4v) is 5.31. The molecule has 0 radical (unpaired) electrons. The third-order valence-corrected chi connectivity index (χ3v) is 6.22. The molecule has 2 atom stereocenters. The number of rotatable bonds is 4. The molecule has 0 aromatic carbocycles. The van der Waals surface area contributed by atoms with E-state index >= 15 is 0 Å². The molecule has 2 fully saturated rings. The van der Waals surface area contributed by atoms with Crippen LogP contribution in [-0.2, 0) is 0 Å². The van der Waals surface area contributed by atoms with Crippen molar-refractivity contribution < 1.29 is 0 Å². The molecule has 2 unspecified atom stereocenters. The molecule has 2 aliphatic carbocycles. The maximum atomic E-state index is 4.17. The highest BCUT2D eigenvalue weighted by molar-refractivity contribution is 7.17. The summed E-state index contributed by atoms with van der Waals surface area (Å²) in [5.74, 6) is 2.83. The molecule has 19 heavy (non-hydrogen) atoms. The van der Waals surface area contributed by atoms with Crippen molar-refractivity contribution in [2.75, 3.05) is 0 Å². The zero-order valence-electron chi connectivity index (χ0n) is 11.8. The van der Waals surface area contributed by atoms with Crippen molar-refractivity contribution in [3.05, 3.63) is 30.1 Å². The number of hydrogen-bond donors (Lipinski definition) is 0. The number of hydrogen-bond acceptors (Lipinski definition) is 1. The molecule has 0 amide bonds. The topological polar surface area (TPSA) is 12.9 Å². The van der Waals surface area contributed by atoms with E-state index in [4.69, 9.17) is 0 Å². The Kier molecular flexibility index (Phi) is 4.53. The van der Waals surface area contributed by atoms with Crippen molar-refractivity contribution in [1.82, 2.24) is 4.98 Å². The van der Waals surface area contributed by atoms with Gasteiger partial charge in [-0.25, -0.2) is 0 Å². The van der Waals surface area contributed by atoms with E-state index in [0.29, 0.717) is 5.66 Å². The summed E-state index contributed by atoms with van der Waals surface area (Å²) in [6.07, 6.45) is 15.6. The van der Waals surface area contributed by atoms with Crippen LogP contribution in [0.5, 0.6) is 0 Å². The van der Waals surface area contributed by atoms with Crippen molar-refractivity contribution in [1.29, 1.82) is 0 Å². The fourth-order valence-electron chi connectivity index (χ4n) is 4.46. The molecule has 0 aliphatic heterocycles. The minimum absolute atomic E-state index is 0.634. The van der Waals surface area contributed by atoms with Crippen LogP contribution in [0.3, 0.4) is 0 Å². The lowest BCUT2D eigenvalue weighted by Crippen LogP contribution is -2.24. The largest absolute Gasteiger partial charge is 0.265 e. The van der Waals surface area contributed by atoms with Gasteiger partial charge in [-0.1, -0.05) is 51.4 Å². The molecule has 1 nitrogen and oxygen atoms in total. The summed E-state index contributed by atoms with van der Waals surface area (Å²) in [6.45, 7) is 0. The fraction of sp³-hybridized carbons (Fsp3) is 0.706. The van der Waals surface area contributed by atoms with Crippen LogP contribution in [0.25, 0.3) is 0 Å². The Hall–Kier alpha value is -0.420. The first-order valence-corrected chi connectivity index (χ1v) is 8.68. The Labute approximate surface area is 119 Å². The van der Waals surface area contributed by atoms with Crippen LogP contribution in [0, 0.1) is 17.8 Å². The lowest BCUT2D eigenvalue weighted by molar-refractivity contribution is 0.224. The van der Waals surface area contributed by atoms with Crippen LogP contribution in [0.4, 0.5) is 0 Å². The predicted molar refractivity (Wildman–Crippen MR) is 84.1 cm³/mol. The summed E-state index contributed by atoms with van der Waals surface area (Å²) in [5.41, 5.74) is 2.11. The molecule has 1 heterocycles. The first-order valence-electron chi connectivity index (χ1n) is 8.02. The second kappa shape index (κ2) is 6.35. The molecule has 2 aliphatic rings. The molecule has 2 saturated carbocycles. The summed E-state index contributed by atoms with van der Waals surface area (Å²) >= 11 is 0. The van der Waals surface area contributed by atoms with Gasteiger partial charge in [-0.3, -0.25) is 4.98 Å². The van der Waals surface area contributed by atoms with Gasteiger partial charge in [0.25, 0.3) is 0 Å². The number of pyridine rings is 1. The molecule has 3 rings (SSSR count). The van der Waals surface area contributed by atoms with Crippen molar-refractivity contribution in [2.45, 2.75) is 57.0 Å². The van der Waals surface area contributed by atoms with E-state index in [1.807, 2.05) is 12.4 Å². The van der Waals surface area contributed by atoms with Crippen LogP contribution in [0.2, 0.25) is 0 Å². The molecular formula is C17H26NP. The van der Waals surface area contributed by atoms with Crippen LogP contribution < -0.4 is 0 Å². The van der Waals surface area contributed by atoms with Gasteiger partial charge in [-0.15, -0.1) is 9.24 Å². The molecule has 1 aromatic rings. The third-order valence-electron chi connectivity index (χ3n) is 5.39. The monoisotopic (exact) mass is 275 g/mol. The van der Waals surface area contributed by atoms with E-state index in [0.717, 1.165) is 17.8 Å². The number of aromatic nitrogens is 1. The molecule has 0 N–H and O–H groups in total. The average molecular weight is 275 g/mol. The van der Waals surface area contributed by atoms with E-state index in [1.165, 1.54) is 56.9 Å². The van der Waals surface area contributed by atoms with Gasteiger partial charge in [0.2, 0.25) is 0 Å². The van der Waals surface area contributed by atoms with Crippen molar-refractivity contribution >= 4 is 9.24 Å². The molecule has 1 aromatic heterocycles. The molecule has 2 heteroatoms. The first-order chi connectivity index (χ1) is 9.36. The second-order valence-electron chi connectivity index (χ2n) is 6.47. The van der Waals surface area contributed by atoms with E-state index < -0.39 is 0 Å². The molecule has 0 saturated heterocycles. The maximum absolute atomic E-state index is 4.17. The Bertz CT molecular complexity index is 364. The van der Waals surface area contributed by atoms with Crippen LogP contribution in [-0.4, -0.2) is 4.98 Å². The SMILES string of the molecule is PC(c1ccncc1)C(C1CCCC1)C1CCCC1. The van der Waals surface area contributed by atoms with Crippen LogP contribution >= 0.6 is 9.24 Å². The Morgan fingerprint density at radius 1 is 0.895 bits per heavy atom. The highest BCUT2D eigenvalue weighted by Gasteiger charge is 2.36. The standard InChI is InChI=1S/C17H26NP/c19-17(15-9-11-18-12-10-15)16(13-5-1-2-6-13)14-7-3-4-8-14/h9-14,16-17H,1-8,19H2. The van der Waals surface area contributed by atoms with E-state index in [2.05, 4.69) is 26.4 Å². The van der Waals surface area contributed by atoms with Gasteiger partial charge < -0.3 is 0 Å². The molecular weight excluding hydrogens is 249 g/mol. The van der Waals surface area contributed by atoms with Gasteiger partial charge in [0, 0.05) is 18.1 Å².